The number of nitrogens with zero attached hydrogens (tertiary/aromatic N) is 1. The van der Waals surface area contributed by atoms with Crippen LogP contribution in [0.4, 0.5) is 0 Å². The molecule has 0 aliphatic rings. The van der Waals surface area contributed by atoms with E-state index >= 15 is 0 Å². The molecule has 1 rings (SSSR count). The van der Waals surface area contributed by atoms with Gasteiger partial charge in [-0.25, -0.2) is 4.79 Å². The van der Waals surface area contributed by atoms with E-state index in [1.807, 2.05) is 0 Å². The minimum Gasteiger partial charge on any atom is -0.481 e. The summed E-state index contributed by atoms with van der Waals surface area (Å²) in [7, 11) is 0. The molecule has 0 fully saturated rings. The third-order valence-electron chi connectivity index (χ3n) is 2.17. The molecule has 7 nitrogen and oxygen atoms in total. The van der Waals surface area contributed by atoms with E-state index in [1.54, 1.807) is 6.07 Å². The van der Waals surface area contributed by atoms with Gasteiger partial charge in [0, 0.05) is 48.4 Å². The van der Waals surface area contributed by atoms with E-state index in [2.05, 4.69) is 10.3 Å². The molecule has 0 saturated heterocycles. The monoisotopic (exact) mass is 275 g/mol. The van der Waals surface area contributed by atoms with Gasteiger partial charge in [0.15, 0.2) is 0 Å². The zero-order valence-corrected chi connectivity index (χ0v) is 12.4. The molecule has 19 heavy (non-hydrogen) atoms. The standard InChI is InChI=1S/C11H12N2O5.Na/c14-9(15)4-3-8(11(17)18)13-10(16)7-2-1-5-12-6-7;/h1-2,5-6,8H,3-4H2,(H,13,16)(H,14,15)(H,17,18);/t8-;/m0./s1. The Kier molecular flexibility index (Phi) is 7.97. The number of hydrogen-bond acceptors (Lipinski definition) is 4. The van der Waals surface area contributed by atoms with E-state index in [4.69, 9.17) is 10.2 Å². The van der Waals surface area contributed by atoms with Crippen molar-refractivity contribution >= 4 is 47.4 Å². The molecule has 1 radical (unpaired) electrons. The fraction of sp³-hybridized carbons (Fsp3) is 0.273. The van der Waals surface area contributed by atoms with Crippen molar-refractivity contribution in [1.82, 2.24) is 10.3 Å². The van der Waals surface area contributed by atoms with Crippen LogP contribution in [0, 0.1) is 0 Å². The van der Waals surface area contributed by atoms with Crippen LogP contribution in [0.15, 0.2) is 24.5 Å². The summed E-state index contributed by atoms with van der Waals surface area (Å²) >= 11 is 0. The maximum absolute atomic E-state index is 11.6. The second-order valence-corrected chi connectivity index (χ2v) is 3.54. The molecular weight excluding hydrogens is 263 g/mol. The summed E-state index contributed by atoms with van der Waals surface area (Å²) in [4.78, 5) is 36.6. The molecule has 3 N–H and O–H groups in total. The maximum Gasteiger partial charge on any atom is 0.326 e. The fourth-order valence-corrected chi connectivity index (χ4v) is 1.26. The Morgan fingerprint density at radius 1 is 1.32 bits per heavy atom. The van der Waals surface area contributed by atoms with Crippen molar-refractivity contribution in [2.24, 2.45) is 0 Å². The van der Waals surface area contributed by atoms with Crippen molar-refractivity contribution in [2.45, 2.75) is 18.9 Å². The molecule has 1 atom stereocenters. The summed E-state index contributed by atoms with van der Waals surface area (Å²) in [6, 6.07) is 1.80. The van der Waals surface area contributed by atoms with Gasteiger partial charge < -0.3 is 15.5 Å². The van der Waals surface area contributed by atoms with E-state index in [9.17, 15) is 14.4 Å². The van der Waals surface area contributed by atoms with Gasteiger partial charge in [-0.2, -0.15) is 0 Å². The molecule has 0 bridgehead atoms. The van der Waals surface area contributed by atoms with E-state index in [-0.39, 0.29) is 48.0 Å². The number of aromatic nitrogens is 1. The fourth-order valence-electron chi connectivity index (χ4n) is 1.26. The van der Waals surface area contributed by atoms with Crippen LogP contribution < -0.4 is 5.32 Å². The van der Waals surface area contributed by atoms with Gasteiger partial charge in [0.05, 0.1) is 5.56 Å². The summed E-state index contributed by atoms with van der Waals surface area (Å²) in [6.45, 7) is 0. The van der Waals surface area contributed by atoms with Gasteiger partial charge in [-0.15, -0.1) is 0 Å². The second-order valence-electron chi connectivity index (χ2n) is 3.54. The molecule has 0 unspecified atom stereocenters. The Balaban J connectivity index is 0.00000324. The third-order valence-corrected chi connectivity index (χ3v) is 2.17. The van der Waals surface area contributed by atoms with E-state index in [0.717, 1.165) is 0 Å². The van der Waals surface area contributed by atoms with Crippen molar-refractivity contribution in [3.63, 3.8) is 0 Å². The smallest absolute Gasteiger partial charge is 0.326 e. The Morgan fingerprint density at radius 3 is 2.47 bits per heavy atom. The molecule has 0 saturated carbocycles. The SMILES string of the molecule is O=C(O)CC[C@H](NC(=O)c1cccnc1)C(=O)O.[Na]. The third kappa shape index (κ3) is 6.32. The van der Waals surface area contributed by atoms with Gasteiger partial charge in [-0.3, -0.25) is 14.6 Å². The van der Waals surface area contributed by atoms with E-state index < -0.39 is 23.9 Å². The number of carbonyl (C=O) groups excluding carboxylic acids is 1. The van der Waals surface area contributed by atoms with Crippen LogP contribution >= 0.6 is 0 Å². The molecule has 1 amide bonds. The molecule has 97 valence electrons. The summed E-state index contributed by atoms with van der Waals surface area (Å²) in [5, 5.41) is 19.6. The molecule has 0 spiro atoms. The average molecular weight is 275 g/mol. The first-order valence-corrected chi connectivity index (χ1v) is 5.16. The van der Waals surface area contributed by atoms with Gasteiger partial charge in [0.1, 0.15) is 6.04 Å². The molecule has 1 aromatic rings. The molecule has 1 aromatic heterocycles. The second kappa shape index (κ2) is 8.63. The zero-order valence-electron chi connectivity index (χ0n) is 10.4. The Bertz CT molecular complexity index is 452. The van der Waals surface area contributed by atoms with Crippen molar-refractivity contribution in [3.8, 4) is 0 Å². The van der Waals surface area contributed by atoms with Crippen molar-refractivity contribution in [3.05, 3.63) is 30.1 Å². The van der Waals surface area contributed by atoms with Gasteiger partial charge in [-0.1, -0.05) is 0 Å². The quantitative estimate of drug-likeness (QED) is 0.616. The normalized spacial score (nSPS) is 10.9. The van der Waals surface area contributed by atoms with Crippen molar-refractivity contribution in [2.75, 3.05) is 0 Å². The van der Waals surface area contributed by atoms with Crippen LogP contribution in [0.5, 0.6) is 0 Å². The van der Waals surface area contributed by atoms with Crippen LogP contribution in [-0.2, 0) is 9.59 Å². The number of carbonyl (C=O) groups is 3. The van der Waals surface area contributed by atoms with Crippen LogP contribution in [0.1, 0.15) is 23.2 Å². The summed E-state index contributed by atoms with van der Waals surface area (Å²) < 4.78 is 0. The van der Waals surface area contributed by atoms with Crippen molar-refractivity contribution in [1.29, 1.82) is 0 Å². The number of pyridine rings is 1. The Hall–Kier alpha value is -1.44. The topological polar surface area (TPSA) is 117 Å². The van der Waals surface area contributed by atoms with Crippen molar-refractivity contribution < 1.29 is 24.6 Å². The summed E-state index contributed by atoms with van der Waals surface area (Å²) in [6.07, 6.45) is 2.28. The first-order valence-electron chi connectivity index (χ1n) is 5.16. The average Bonchev–Trinajstić information content (AvgIpc) is 2.34. The maximum atomic E-state index is 11.6. The number of carboxylic acid groups (broad SMARTS) is 2. The summed E-state index contributed by atoms with van der Waals surface area (Å²) in [5.74, 6) is -2.98. The van der Waals surface area contributed by atoms with Crippen LogP contribution in [0.2, 0.25) is 0 Å². The van der Waals surface area contributed by atoms with Gasteiger partial charge in [0.25, 0.3) is 5.91 Å². The molecular formula is C11H12N2NaO5. The first-order chi connectivity index (χ1) is 8.50. The van der Waals surface area contributed by atoms with E-state index in [1.165, 1.54) is 18.5 Å². The molecule has 0 aliphatic heterocycles. The summed E-state index contributed by atoms with van der Waals surface area (Å²) in [5.41, 5.74) is 0.221. The van der Waals surface area contributed by atoms with Crippen LogP contribution in [0.25, 0.3) is 0 Å². The molecule has 1 heterocycles. The van der Waals surface area contributed by atoms with Gasteiger partial charge in [0.2, 0.25) is 0 Å². The molecule has 0 aromatic carbocycles. The van der Waals surface area contributed by atoms with Crippen LogP contribution in [-0.4, -0.2) is 68.6 Å². The number of hydrogen-bond donors (Lipinski definition) is 3. The van der Waals surface area contributed by atoms with E-state index in [0.29, 0.717) is 0 Å². The van der Waals surface area contributed by atoms with Gasteiger partial charge >= 0.3 is 11.9 Å². The Morgan fingerprint density at radius 2 is 2.00 bits per heavy atom. The number of aliphatic carboxylic acids is 2. The predicted octanol–water partition coefficient (Wildman–Crippen LogP) is -0.251. The largest absolute Gasteiger partial charge is 0.481 e. The Labute approximate surface area is 131 Å². The minimum absolute atomic E-state index is 0. The van der Waals surface area contributed by atoms with Crippen LogP contribution in [0.3, 0.4) is 0 Å². The predicted molar refractivity (Wildman–Crippen MR) is 65.8 cm³/mol. The molecule has 8 heteroatoms. The molecule has 0 aliphatic carbocycles. The number of nitrogens with one attached hydrogen (secondary N) is 1. The number of rotatable bonds is 6. The zero-order chi connectivity index (χ0) is 13.5. The first kappa shape index (κ1) is 17.6. The van der Waals surface area contributed by atoms with Gasteiger partial charge in [-0.05, 0) is 18.6 Å². The number of amides is 1. The minimum atomic E-state index is -1.27. The number of carboxylic acids is 2.